The highest BCUT2D eigenvalue weighted by atomic mass is 31.2. The number of nitrogens with one attached hydrogen (secondary N) is 3. The monoisotopic (exact) mass is 1560 g/mol. The Morgan fingerprint density at radius 2 is 0.821 bits per heavy atom. The number of nitrogens with two attached hydrogens (primary N) is 1. The summed E-state index contributed by atoms with van der Waals surface area (Å²) < 4.78 is 36.2. The van der Waals surface area contributed by atoms with Crippen molar-refractivity contribution in [2.45, 2.75) is 204 Å². The van der Waals surface area contributed by atoms with Gasteiger partial charge in [-0.2, -0.15) is 9.97 Å². The quantitative estimate of drug-likeness (QED) is 0.0322. The molecule has 0 bridgehead atoms. The summed E-state index contributed by atoms with van der Waals surface area (Å²) in [6.07, 6.45) is 14.4. The fourth-order valence-electron chi connectivity index (χ4n) is 13.1. The molecule has 8 aromatic heterocycles. The number of rotatable bonds is 23. The Hall–Kier alpha value is -6.08. The van der Waals surface area contributed by atoms with Crippen molar-refractivity contribution >= 4 is 103 Å². The molecule has 0 saturated carbocycles. The van der Waals surface area contributed by atoms with Crippen LogP contribution in [0.15, 0.2) is 20.7 Å². The molecular formula is C69H111N17O16P4. The smallest absolute Gasteiger partial charge is 0.279 e. The first-order valence-corrected chi connectivity index (χ1v) is 48.0. The van der Waals surface area contributed by atoms with Crippen LogP contribution in [0.25, 0.3) is 44.7 Å². The Bertz CT molecular complexity index is 4800. The van der Waals surface area contributed by atoms with E-state index >= 15 is 0 Å². The molecule has 106 heavy (non-hydrogen) atoms. The molecule has 4 saturated heterocycles. The maximum absolute atomic E-state index is 12.3. The summed E-state index contributed by atoms with van der Waals surface area (Å²) in [5.41, 5.74) is 7.44. The van der Waals surface area contributed by atoms with Gasteiger partial charge in [0.25, 0.3) is 16.7 Å². The fraction of sp³-hybridized carbons (Fsp3) is 0.652. The van der Waals surface area contributed by atoms with Gasteiger partial charge in [-0.15, -0.1) is 52.7 Å². The third-order valence-electron chi connectivity index (χ3n) is 18.7. The predicted molar refractivity (Wildman–Crippen MR) is 422 cm³/mol. The number of hydrogen-bond donors (Lipinski definition) is 12. The van der Waals surface area contributed by atoms with Gasteiger partial charge >= 0.3 is 0 Å². The van der Waals surface area contributed by atoms with Gasteiger partial charge in [-0.25, -0.2) is 34.9 Å². The molecule has 0 radical (unpaired) electrons. The van der Waals surface area contributed by atoms with Gasteiger partial charge in [-0.1, -0.05) is 27.2 Å². The molecule has 8 aromatic rings. The van der Waals surface area contributed by atoms with E-state index < -0.39 is 126 Å². The summed E-state index contributed by atoms with van der Waals surface area (Å²) in [7, 11) is 0. The lowest BCUT2D eigenvalue weighted by Gasteiger charge is -2.20. The van der Waals surface area contributed by atoms with Crippen molar-refractivity contribution in [2.24, 2.45) is 0 Å². The number of hydrogen-bond acceptors (Lipinski definition) is 26. The average Bonchev–Trinajstić information content (AvgIpc) is 1.62. The van der Waals surface area contributed by atoms with Gasteiger partial charge in [-0.05, 0) is 144 Å². The van der Waals surface area contributed by atoms with Crippen molar-refractivity contribution in [3.63, 3.8) is 0 Å². The molecule has 0 unspecified atom stereocenters. The number of H-pyrrole nitrogens is 3. The van der Waals surface area contributed by atoms with Crippen molar-refractivity contribution in [1.82, 2.24) is 78.1 Å². The topological polar surface area (TPSA) is 468 Å². The van der Waals surface area contributed by atoms with Gasteiger partial charge in [-0.3, -0.25) is 32.7 Å². The number of aromatic amines is 3. The van der Waals surface area contributed by atoms with E-state index in [9.17, 15) is 55.2 Å². The highest BCUT2D eigenvalue weighted by molar-refractivity contribution is 7.73. The Kier molecular flexibility index (Phi) is 27.0. The minimum absolute atomic E-state index is 0.0499. The molecule has 13 N–H and O–H groups in total. The molecule has 37 heteroatoms. The number of anilines is 1. The van der Waals surface area contributed by atoms with Crippen LogP contribution in [0.4, 0.5) is 5.95 Å². The van der Waals surface area contributed by atoms with Crippen molar-refractivity contribution < 1.29 is 64.5 Å². The SMILES string of the molecule is C=P(C)(C)CC[C@H]1O[C@@H](n2c(C)nc3c(=O)[nH]c(C)nc32)[C@H](O)[C@@H]1O.C=P(C)(C)CC[C@H]1O[C@@H](n2c(CC)nc3c(=O)[nH]c(C)nc32)[C@H](O)[C@@H]1O.C=P(C)(C)CC[C@H]1O[C@@H](n2c(CCC)nc3c(=O)[nH]c(C)nc32)[C@H](O)[C@@H]1O.C=P(C)(C)CC[C@H]1O[C@@H](n2cnc3c(OCCCC)nc(N)nc32)[C@H](O)[C@@H]1O. The zero-order valence-corrected chi connectivity index (χ0v) is 67.1. The number of aryl methyl sites for hydroxylation is 6. The van der Waals surface area contributed by atoms with Crippen LogP contribution in [0.5, 0.6) is 5.88 Å². The van der Waals surface area contributed by atoms with Crippen molar-refractivity contribution in [2.75, 3.05) is 90.3 Å². The van der Waals surface area contributed by atoms with Crippen molar-refractivity contribution in [3.8, 4) is 5.88 Å². The highest BCUT2D eigenvalue weighted by Crippen LogP contribution is 2.45. The maximum Gasteiger partial charge on any atom is 0.279 e. The number of aliphatic hydroxyl groups excluding tert-OH is 8. The van der Waals surface area contributed by atoms with E-state index in [1.54, 1.807) is 46.0 Å². The van der Waals surface area contributed by atoms with Gasteiger partial charge in [0.2, 0.25) is 11.8 Å². The van der Waals surface area contributed by atoms with Crippen LogP contribution in [0.2, 0.25) is 0 Å². The summed E-state index contributed by atoms with van der Waals surface area (Å²) in [5, 5.41) is 84.2. The number of nitrogens with zero attached hydrogens (tertiary/aromatic N) is 13. The van der Waals surface area contributed by atoms with E-state index in [2.05, 4.69) is 145 Å². The molecule has 0 aliphatic carbocycles. The number of nitrogen functional groups attached to an aromatic ring is 1. The molecule has 4 aliphatic heterocycles. The van der Waals surface area contributed by atoms with E-state index in [1.807, 2.05) is 13.8 Å². The van der Waals surface area contributed by atoms with Crippen LogP contribution >= 0.6 is 27.5 Å². The molecule has 12 rings (SSSR count). The Morgan fingerprint density at radius 3 is 1.21 bits per heavy atom. The largest absolute Gasteiger partial charge is 0.476 e. The lowest BCUT2D eigenvalue weighted by Crippen LogP contribution is -2.32. The number of imidazole rings is 4. The van der Waals surface area contributed by atoms with E-state index in [0.717, 1.165) is 43.9 Å². The highest BCUT2D eigenvalue weighted by Gasteiger charge is 2.49. The second kappa shape index (κ2) is 34.0. The minimum atomic E-state index is -1.27. The molecule has 4 fully saturated rings. The first kappa shape index (κ1) is 83.9. The molecule has 33 nitrogen and oxygen atoms in total. The van der Waals surface area contributed by atoms with Crippen molar-refractivity contribution in [3.05, 3.63) is 72.3 Å². The van der Waals surface area contributed by atoms with Crippen molar-refractivity contribution in [1.29, 1.82) is 0 Å². The third-order valence-corrected chi connectivity index (χ3v) is 24.6. The Morgan fingerprint density at radius 1 is 0.462 bits per heavy atom. The lowest BCUT2D eigenvalue weighted by atomic mass is 10.1. The molecule has 0 aromatic carbocycles. The van der Waals surface area contributed by atoms with E-state index in [1.165, 1.54) is 6.33 Å². The summed E-state index contributed by atoms with van der Waals surface area (Å²) in [6, 6.07) is 0. The van der Waals surface area contributed by atoms with Gasteiger partial charge < -0.3 is 85.2 Å². The third kappa shape index (κ3) is 19.5. The summed E-state index contributed by atoms with van der Waals surface area (Å²) in [6.45, 7) is 25.2. The van der Waals surface area contributed by atoms with Gasteiger partial charge in [0.05, 0.1) is 37.4 Å². The van der Waals surface area contributed by atoms with E-state index in [0.29, 0.717) is 114 Å². The second-order valence-electron chi connectivity index (χ2n) is 30.8. The molecule has 4 aliphatic rings. The number of aliphatic hydroxyl groups is 8. The lowest BCUT2D eigenvalue weighted by molar-refractivity contribution is -0.0368. The average molecular weight is 1560 g/mol. The van der Waals surface area contributed by atoms with Gasteiger partial charge in [0, 0.05) is 12.8 Å². The van der Waals surface area contributed by atoms with Crippen LogP contribution in [0.1, 0.15) is 126 Å². The number of unbranched alkanes of at least 4 members (excludes halogenated alkanes) is 1. The van der Waals surface area contributed by atoms with Crippen LogP contribution in [0.3, 0.4) is 0 Å². The minimum Gasteiger partial charge on any atom is -0.476 e. The van der Waals surface area contributed by atoms with Crippen LogP contribution < -0.4 is 27.1 Å². The Labute approximate surface area is 616 Å². The zero-order chi connectivity index (χ0) is 78.1. The molecule has 16 atom stereocenters. The first-order chi connectivity index (χ1) is 49.5. The predicted octanol–water partition coefficient (Wildman–Crippen LogP) is 3.57. The normalized spacial score (nSPS) is 26.4. The van der Waals surface area contributed by atoms with E-state index in [-0.39, 0.29) is 39.2 Å². The molecular weight excluding hydrogens is 1450 g/mol. The second-order valence-corrected chi connectivity index (χ2v) is 48.1. The summed E-state index contributed by atoms with van der Waals surface area (Å²) >= 11 is 0. The first-order valence-electron chi connectivity index (χ1n) is 35.8. The van der Waals surface area contributed by atoms with Gasteiger partial charge in [0.15, 0.2) is 69.6 Å². The zero-order valence-electron chi connectivity index (χ0n) is 63.6. The Balaban J connectivity index is 0.000000164. The summed E-state index contributed by atoms with van der Waals surface area (Å²) in [4.78, 5) is 83.4. The summed E-state index contributed by atoms with van der Waals surface area (Å²) in [5.74, 6) is 3.44. The van der Waals surface area contributed by atoms with Gasteiger partial charge in [0.1, 0.15) is 83.8 Å². The standard InChI is InChI=1S/C18H30N5O4P.C18H29N4O4P.C17H27N4O4P.C16H25N4O4P/c1-5-6-8-26-16-12-15(21-18(19)22-16)23(10-20-12)17-14(25)13(24)11(27-17)7-9-28(2,3)4;1-6-7-12-21-13-16(19-10(2)20-17(13)25)22(12)18-15(24)14(23)11(26-18)8-9-27(3,4)5;1-6-11-20-12-15(18-9(2)19-16(12)24)21(11)17-14(23)13(22)10(25-17)7-8-26(3,4)5;1-8-17-14-11(15(23)18-8)19-9(2)20(14)16-13(22)12(21)10(24-16)6-7-25(3,4)5/h10-11,13-14,17,24-25H,2,5-9H2,1,3-4H3,(H2,19,21,22);11,14-15,18,23-24H,3,6-9H2,1-2,4-5H3,(H,19,20,25);10,13-14,17,22-23H,3,6-8H2,1-2,4-5H3,(H,18,19,24);10,12-13,16,21-22H,3,6-7H2,1-2,4-5H3,(H,17,18,23)/t11-,13-,14-,17-;11-,14-,15-,18-;10-,13-,14-,17-;10-,12-,13-,16-/m1111/s1. The number of ether oxygens (including phenoxy) is 5. The van der Waals surface area contributed by atoms with E-state index in [4.69, 9.17) is 29.4 Å². The molecule has 0 spiro atoms. The molecule has 588 valence electrons. The van der Waals surface area contributed by atoms with Crippen LogP contribution in [-0.2, 0) is 31.8 Å². The number of aromatic nitrogens is 16. The van der Waals surface area contributed by atoms with Crippen LogP contribution in [-0.4, -0.2) is 302 Å². The molecule has 12 heterocycles. The molecule has 0 amide bonds. The van der Waals surface area contributed by atoms with Crippen LogP contribution in [0, 0.1) is 27.7 Å². The fourth-order valence-corrected chi connectivity index (χ4v) is 16.9. The maximum atomic E-state index is 12.3. The number of fused-ring (bicyclic) bond motifs is 4.